The first-order valence-corrected chi connectivity index (χ1v) is 6.67. The lowest BCUT2D eigenvalue weighted by Crippen LogP contribution is -2.14. The first-order valence-electron chi connectivity index (χ1n) is 5.68. The first kappa shape index (κ1) is 14.3. The van der Waals surface area contributed by atoms with Crippen molar-refractivity contribution in [2.45, 2.75) is 12.1 Å². The van der Waals surface area contributed by atoms with Crippen molar-refractivity contribution in [1.29, 1.82) is 0 Å². The fraction of sp³-hybridized carbons (Fsp3) is 0.154. The van der Waals surface area contributed by atoms with E-state index in [0.29, 0.717) is 11.3 Å². The molecule has 0 aliphatic heterocycles. The van der Waals surface area contributed by atoms with E-state index < -0.39 is 11.5 Å². The molecule has 1 aromatic carbocycles. The fourth-order valence-corrected chi connectivity index (χ4v) is 2.39. The molecule has 0 aliphatic rings. The van der Waals surface area contributed by atoms with Gasteiger partial charge in [0.25, 0.3) is 5.56 Å². The highest BCUT2D eigenvalue weighted by Crippen LogP contribution is 2.21. The number of carboxylic acid groups (broad SMARTS) is 1. The molecule has 2 rings (SSSR count). The SMILES string of the molecule is Cc1cc(F)ccc1-n1ccc(=O)nc1SCC(=O)O. The first-order chi connectivity index (χ1) is 9.47. The van der Waals surface area contributed by atoms with Crippen LogP contribution in [0.4, 0.5) is 4.39 Å². The maximum atomic E-state index is 13.1. The van der Waals surface area contributed by atoms with Crippen LogP contribution in [0.2, 0.25) is 0 Å². The van der Waals surface area contributed by atoms with Gasteiger partial charge in [-0.2, -0.15) is 4.98 Å². The largest absolute Gasteiger partial charge is 0.481 e. The maximum Gasteiger partial charge on any atom is 0.313 e. The van der Waals surface area contributed by atoms with E-state index in [2.05, 4.69) is 4.98 Å². The van der Waals surface area contributed by atoms with Crippen LogP contribution in [0.15, 0.2) is 40.4 Å². The van der Waals surface area contributed by atoms with E-state index in [1.807, 2.05) is 0 Å². The number of aryl methyl sites for hydroxylation is 1. The summed E-state index contributed by atoms with van der Waals surface area (Å²) >= 11 is 0.936. The molecule has 0 unspecified atom stereocenters. The highest BCUT2D eigenvalue weighted by atomic mass is 32.2. The molecule has 0 radical (unpaired) electrons. The summed E-state index contributed by atoms with van der Waals surface area (Å²) in [5.74, 6) is -1.58. The molecule has 1 aromatic heterocycles. The van der Waals surface area contributed by atoms with Crippen molar-refractivity contribution in [1.82, 2.24) is 9.55 Å². The lowest BCUT2D eigenvalue weighted by atomic mass is 10.2. The second-order valence-corrected chi connectivity index (χ2v) is 4.97. The molecular formula is C13H11FN2O3S. The summed E-state index contributed by atoms with van der Waals surface area (Å²) < 4.78 is 14.7. The Labute approximate surface area is 118 Å². The third-order valence-electron chi connectivity index (χ3n) is 2.52. The predicted molar refractivity (Wildman–Crippen MR) is 72.9 cm³/mol. The molecule has 0 spiro atoms. The van der Waals surface area contributed by atoms with Gasteiger partial charge in [-0.25, -0.2) is 4.39 Å². The highest BCUT2D eigenvalue weighted by molar-refractivity contribution is 7.99. The molecule has 0 atom stereocenters. The van der Waals surface area contributed by atoms with Crippen molar-refractivity contribution in [2.75, 3.05) is 5.75 Å². The third kappa shape index (κ3) is 3.24. The lowest BCUT2D eigenvalue weighted by molar-refractivity contribution is -0.133. The average Bonchev–Trinajstić information content (AvgIpc) is 2.37. The molecule has 20 heavy (non-hydrogen) atoms. The minimum Gasteiger partial charge on any atom is -0.481 e. The Hall–Kier alpha value is -2.15. The van der Waals surface area contributed by atoms with Gasteiger partial charge in [-0.15, -0.1) is 0 Å². The number of hydrogen-bond acceptors (Lipinski definition) is 4. The fourth-order valence-electron chi connectivity index (χ4n) is 1.69. The normalized spacial score (nSPS) is 10.5. The predicted octanol–water partition coefficient (Wildman–Crippen LogP) is 1.86. The Morgan fingerprint density at radius 3 is 2.85 bits per heavy atom. The summed E-state index contributed by atoms with van der Waals surface area (Å²) in [5, 5.41) is 8.97. The number of nitrogens with zero attached hydrogens (tertiary/aromatic N) is 2. The molecule has 0 bridgehead atoms. The van der Waals surface area contributed by atoms with Gasteiger partial charge in [-0.3, -0.25) is 14.2 Å². The van der Waals surface area contributed by atoms with Crippen molar-refractivity contribution in [2.24, 2.45) is 0 Å². The molecule has 0 fully saturated rings. The number of carboxylic acids is 1. The second-order valence-electron chi connectivity index (χ2n) is 4.03. The minimum atomic E-state index is -1.00. The molecule has 7 heteroatoms. The molecular weight excluding hydrogens is 283 g/mol. The van der Waals surface area contributed by atoms with Gasteiger partial charge in [0, 0.05) is 12.3 Å². The Balaban J connectivity index is 2.49. The van der Waals surface area contributed by atoms with Crippen LogP contribution >= 0.6 is 11.8 Å². The molecule has 5 nitrogen and oxygen atoms in total. The van der Waals surface area contributed by atoms with Gasteiger partial charge in [0.2, 0.25) is 0 Å². The molecule has 1 N–H and O–H groups in total. The minimum absolute atomic E-state index is 0.212. The molecule has 0 saturated heterocycles. The van der Waals surface area contributed by atoms with Crippen LogP contribution in [-0.2, 0) is 4.79 Å². The van der Waals surface area contributed by atoms with E-state index in [4.69, 9.17) is 5.11 Å². The van der Waals surface area contributed by atoms with Gasteiger partial charge in [-0.05, 0) is 30.7 Å². The van der Waals surface area contributed by atoms with Crippen molar-refractivity contribution < 1.29 is 14.3 Å². The van der Waals surface area contributed by atoms with E-state index in [1.165, 1.54) is 24.4 Å². The standard InChI is InChI=1S/C13H11FN2O3S/c1-8-6-9(14)2-3-10(8)16-5-4-11(17)15-13(16)20-7-12(18)19/h2-6H,7H2,1H3,(H,18,19). The van der Waals surface area contributed by atoms with E-state index >= 15 is 0 Å². The molecule has 2 aromatic rings. The summed E-state index contributed by atoms with van der Waals surface area (Å²) in [4.78, 5) is 25.7. The number of thioether (sulfide) groups is 1. The van der Waals surface area contributed by atoms with E-state index in [9.17, 15) is 14.0 Å². The highest BCUT2D eigenvalue weighted by Gasteiger charge is 2.10. The van der Waals surface area contributed by atoms with Gasteiger partial charge < -0.3 is 5.11 Å². The zero-order valence-corrected chi connectivity index (χ0v) is 11.4. The number of halogens is 1. The monoisotopic (exact) mass is 294 g/mol. The number of aliphatic carboxylic acids is 1. The van der Waals surface area contributed by atoms with Gasteiger partial charge in [0.1, 0.15) is 5.82 Å². The maximum absolute atomic E-state index is 13.1. The van der Waals surface area contributed by atoms with Crippen LogP contribution in [0.1, 0.15) is 5.56 Å². The van der Waals surface area contributed by atoms with E-state index in [0.717, 1.165) is 11.8 Å². The lowest BCUT2D eigenvalue weighted by Gasteiger charge is -2.13. The Bertz CT molecular complexity index is 715. The zero-order valence-electron chi connectivity index (χ0n) is 10.5. The van der Waals surface area contributed by atoms with Crippen molar-refractivity contribution in [3.05, 3.63) is 52.2 Å². The number of hydrogen-bond donors (Lipinski definition) is 1. The van der Waals surface area contributed by atoms with E-state index in [1.54, 1.807) is 17.6 Å². The quantitative estimate of drug-likeness (QED) is 0.688. The van der Waals surface area contributed by atoms with Gasteiger partial charge in [0.15, 0.2) is 5.16 Å². The van der Waals surface area contributed by atoms with Crippen LogP contribution in [0.5, 0.6) is 0 Å². The topological polar surface area (TPSA) is 72.2 Å². The van der Waals surface area contributed by atoms with Crippen LogP contribution in [-0.4, -0.2) is 26.4 Å². The zero-order chi connectivity index (χ0) is 14.7. The number of carbonyl (C=O) groups is 1. The number of aromatic nitrogens is 2. The van der Waals surface area contributed by atoms with E-state index in [-0.39, 0.29) is 16.7 Å². The van der Waals surface area contributed by atoms with Crippen LogP contribution < -0.4 is 5.56 Å². The summed E-state index contributed by atoms with van der Waals surface area (Å²) in [6, 6.07) is 5.49. The molecule has 0 saturated carbocycles. The summed E-state index contributed by atoms with van der Waals surface area (Å²) in [6.45, 7) is 1.72. The summed E-state index contributed by atoms with van der Waals surface area (Å²) in [6.07, 6.45) is 1.50. The molecule has 0 aliphatic carbocycles. The van der Waals surface area contributed by atoms with Gasteiger partial charge in [0.05, 0.1) is 11.4 Å². The summed E-state index contributed by atoms with van der Waals surface area (Å²) in [5.41, 5.74) is 0.855. The van der Waals surface area contributed by atoms with Crippen LogP contribution in [0, 0.1) is 12.7 Å². The van der Waals surface area contributed by atoms with Crippen molar-refractivity contribution in [3.8, 4) is 5.69 Å². The van der Waals surface area contributed by atoms with Crippen molar-refractivity contribution in [3.63, 3.8) is 0 Å². The van der Waals surface area contributed by atoms with Crippen LogP contribution in [0.25, 0.3) is 5.69 Å². The summed E-state index contributed by atoms with van der Waals surface area (Å²) in [7, 11) is 0. The van der Waals surface area contributed by atoms with Crippen molar-refractivity contribution >= 4 is 17.7 Å². The molecule has 104 valence electrons. The van der Waals surface area contributed by atoms with Crippen LogP contribution in [0.3, 0.4) is 0 Å². The van der Waals surface area contributed by atoms with Gasteiger partial charge in [-0.1, -0.05) is 11.8 Å². The number of rotatable bonds is 4. The average molecular weight is 294 g/mol. The Morgan fingerprint density at radius 1 is 1.45 bits per heavy atom. The smallest absolute Gasteiger partial charge is 0.313 e. The second kappa shape index (κ2) is 5.87. The Morgan fingerprint density at radius 2 is 2.20 bits per heavy atom. The van der Waals surface area contributed by atoms with Gasteiger partial charge >= 0.3 is 5.97 Å². The molecule has 1 heterocycles. The number of benzene rings is 1. The Kier molecular flexibility index (Phi) is 4.19. The third-order valence-corrected chi connectivity index (χ3v) is 3.46. The molecule has 0 amide bonds.